The molecule has 2 N–H and O–H groups in total. The third kappa shape index (κ3) is 4.91. The van der Waals surface area contributed by atoms with E-state index in [9.17, 15) is 14.7 Å². The number of imidazole rings is 1. The second-order valence-corrected chi connectivity index (χ2v) is 9.95. The summed E-state index contributed by atoms with van der Waals surface area (Å²) in [5, 5.41) is 16.7. The Hall–Kier alpha value is -3.85. The van der Waals surface area contributed by atoms with E-state index in [1.54, 1.807) is 41.7 Å². The quantitative estimate of drug-likeness (QED) is 0.303. The summed E-state index contributed by atoms with van der Waals surface area (Å²) in [7, 11) is 2.98. The number of rotatable bonds is 8. The Balaban J connectivity index is 1.48. The molecule has 2 heterocycles. The number of carbonyl (C=O) groups excluding carboxylic acids is 1. The number of hydrogen-bond acceptors (Lipinski definition) is 6. The van der Waals surface area contributed by atoms with Crippen LogP contribution in [0.4, 0.5) is 0 Å². The van der Waals surface area contributed by atoms with Gasteiger partial charge < -0.3 is 24.5 Å². The summed E-state index contributed by atoms with van der Waals surface area (Å²) in [5.74, 6) is 0.101. The molecule has 1 saturated carbocycles. The highest BCUT2D eigenvalue weighted by Crippen LogP contribution is 2.37. The molecule has 0 radical (unpaired) electrons. The van der Waals surface area contributed by atoms with Gasteiger partial charge >= 0.3 is 5.97 Å². The lowest BCUT2D eigenvalue weighted by atomic mass is 9.95. The molecule has 5 rings (SSSR count). The van der Waals surface area contributed by atoms with E-state index in [2.05, 4.69) is 21.3 Å². The first kappa shape index (κ1) is 24.8. The molecular formula is C28H29N3O5S. The van der Waals surface area contributed by atoms with Crippen LogP contribution in [0.5, 0.6) is 11.5 Å². The van der Waals surface area contributed by atoms with Gasteiger partial charge in [0, 0.05) is 22.5 Å². The summed E-state index contributed by atoms with van der Waals surface area (Å²) in [6, 6.07) is 11.4. The van der Waals surface area contributed by atoms with Crippen molar-refractivity contribution >= 4 is 34.2 Å². The Bertz CT molecular complexity index is 1420. The maximum atomic E-state index is 13.2. The molecule has 9 heteroatoms. The molecule has 1 fully saturated rings. The fourth-order valence-corrected chi connectivity index (χ4v) is 5.71. The number of ether oxygens (including phenoxy) is 2. The number of aromatic nitrogens is 2. The molecule has 192 valence electrons. The molecule has 0 aliphatic heterocycles. The van der Waals surface area contributed by atoms with Crippen LogP contribution in [-0.4, -0.2) is 40.8 Å². The van der Waals surface area contributed by atoms with E-state index in [-0.39, 0.29) is 0 Å². The van der Waals surface area contributed by atoms with Crippen molar-refractivity contribution in [1.82, 2.24) is 14.9 Å². The second kappa shape index (κ2) is 10.6. The van der Waals surface area contributed by atoms with Gasteiger partial charge in [0.25, 0.3) is 5.91 Å². The molecule has 1 aliphatic carbocycles. The van der Waals surface area contributed by atoms with Crippen LogP contribution in [0.2, 0.25) is 0 Å². The van der Waals surface area contributed by atoms with Gasteiger partial charge in [0.2, 0.25) is 0 Å². The van der Waals surface area contributed by atoms with Crippen LogP contribution in [-0.2, 0) is 4.79 Å². The summed E-state index contributed by atoms with van der Waals surface area (Å²) >= 11 is 1.63. The molecule has 2 aromatic carbocycles. The van der Waals surface area contributed by atoms with Crippen molar-refractivity contribution < 1.29 is 24.2 Å². The maximum absolute atomic E-state index is 13.2. The summed E-state index contributed by atoms with van der Waals surface area (Å²) in [5.41, 5.74) is 3.50. The van der Waals surface area contributed by atoms with E-state index in [1.165, 1.54) is 33.5 Å². The number of nitrogens with zero attached hydrogens (tertiary/aromatic N) is 2. The molecule has 0 saturated heterocycles. The Labute approximate surface area is 218 Å². The van der Waals surface area contributed by atoms with Crippen molar-refractivity contribution in [2.75, 3.05) is 14.2 Å². The van der Waals surface area contributed by atoms with E-state index in [4.69, 9.17) is 14.5 Å². The molecule has 4 aromatic rings. The summed E-state index contributed by atoms with van der Waals surface area (Å²) in [4.78, 5) is 30.2. The van der Waals surface area contributed by atoms with Crippen molar-refractivity contribution in [1.29, 1.82) is 0 Å². The lowest BCUT2D eigenvalue weighted by molar-refractivity contribution is -0.139. The monoisotopic (exact) mass is 519 g/mol. The molecule has 0 spiro atoms. The van der Waals surface area contributed by atoms with Crippen LogP contribution < -0.4 is 14.8 Å². The van der Waals surface area contributed by atoms with E-state index in [1.807, 2.05) is 11.4 Å². The smallest absolute Gasteiger partial charge is 0.330 e. The number of methoxy groups -OCH3 is 2. The zero-order valence-electron chi connectivity index (χ0n) is 20.8. The zero-order chi connectivity index (χ0) is 25.9. The fourth-order valence-electron chi connectivity index (χ4n) is 5.08. The number of hydrogen-bond donors (Lipinski definition) is 2. The Morgan fingerprint density at radius 2 is 1.84 bits per heavy atom. The topological polar surface area (TPSA) is 103 Å². The predicted octanol–water partition coefficient (Wildman–Crippen LogP) is 5.84. The van der Waals surface area contributed by atoms with Gasteiger partial charge in [-0.05, 0) is 60.2 Å². The van der Waals surface area contributed by atoms with Gasteiger partial charge in [-0.25, -0.2) is 9.78 Å². The van der Waals surface area contributed by atoms with Gasteiger partial charge in [0.15, 0.2) is 17.5 Å². The fraction of sp³-hybridized carbons (Fsp3) is 0.321. The molecule has 2 aromatic heterocycles. The number of benzene rings is 2. The largest absolute Gasteiger partial charge is 0.493 e. The van der Waals surface area contributed by atoms with Crippen molar-refractivity contribution in [3.05, 3.63) is 64.4 Å². The second-order valence-electron chi connectivity index (χ2n) is 9.17. The minimum atomic E-state index is -1.26. The van der Waals surface area contributed by atoms with Crippen LogP contribution in [0.1, 0.15) is 60.1 Å². The molecule has 0 bridgehead atoms. The van der Waals surface area contributed by atoms with Crippen LogP contribution in [0.15, 0.2) is 53.2 Å². The highest BCUT2D eigenvalue weighted by molar-refractivity contribution is 7.08. The first-order valence-electron chi connectivity index (χ1n) is 12.3. The van der Waals surface area contributed by atoms with Crippen LogP contribution >= 0.6 is 11.3 Å². The van der Waals surface area contributed by atoms with Crippen molar-refractivity contribution in [3.63, 3.8) is 0 Å². The van der Waals surface area contributed by atoms with E-state index >= 15 is 0 Å². The number of carboxylic acid groups (broad SMARTS) is 1. The minimum Gasteiger partial charge on any atom is -0.493 e. The van der Waals surface area contributed by atoms with Crippen molar-refractivity contribution in [2.45, 2.75) is 44.2 Å². The van der Waals surface area contributed by atoms with Crippen molar-refractivity contribution in [3.8, 4) is 22.9 Å². The molecular weight excluding hydrogens is 490 g/mol. The third-order valence-electron chi connectivity index (χ3n) is 6.93. The molecule has 8 nitrogen and oxygen atoms in total. The molecule has 1 amide bonds. The van der Waals surface area contributed by atoms with Crippen LogP contribution in [0.25, 0.3) is 22.4 Å². The highest BCUT2D eigenvalue weighted by atomic mass is 32.1. The third-order valence-corrected chi connectivity index (χ3v) is 7.62. The minimum absolute atomic E-state index is 0.351. The van der Waals surface area contributed by atoms with Gasteiger partial charge in [-0.15, -0.1) is 0 Å². The molecule has 1 atom stereocenters. The lowest BCUT2D eigenvalue weighted by Crippen LogP contribution is -2.33. The van der Waals surface area contributed by atoms with Gasteiger partial charge in [-0.2, -0.15) is 11.3 Å². The summed E-state index contributed by atoms with van der Waals surface area (Å²) in [6.45, 7) is 0. The van der Waals surface area contributed by atoms with Crippen LogP contribution in [0.3, 0.4) is 0 Å². The van der Waals surface area contributed by atoms with Crippen molar-refractivity contribution in [2.24, 2.45) is 0 Å². The van der Waals surface area contributed by atoms with Crippen LogP contribution in [0, 0.1) is 0 Å². The number of fused-ring (bicyclic) bond motifs is 1. The van der Waals surface area contributed by atoms with E-state index in [0.29, 0.717) is 28.7 Å². The summed E-state index contributed by atoms with van der Waals surface area (Å²) < 4.78 is 12.9. The molecule has 37 heavy (non-hydrogen) atoms. The van der Waals surface area contributed by atoms with Gasteiger partial charge in [-0.1, -0.05) is 25.3 Å². The Kier molecular flexibility index (Phi) is 7.14. The number of amides is 1. The van der Waals surface area contributed by atoms with Gasteiger partial charge in [0.1, 0.15) is 5.82 Å². The average molecular weight is 520 g/mol. The number of carboxylic acids is 1. The lowest BCUT2D eigenvalue weighted by Gasteiger charge is -2.25. The normalized spacial score (nSPS) is 14.9. The number of carbonyl (C=O) groups is 2. The maximum Gasteiger partial charge on any atom is 0.330 e. The molecule has 1 unspecified atom stereocenters. The standard InChI is InChI=1S/C28H29N3O5S/c1-35-23-11-9-17(15-24(23)36-2)25(28(33)34)30-27(32)18-8-10-22-21(14-18)29-26(19-12-13-37-16-19)31(22)20-6-4-3-5-7-20/h8-16,20,25H,3-7H2,1-2H3,(H,30,32)(H,33,34). The van der Waals surface area contributed by atoms with Gasteiger partial charge in [0.05, 0.1) is 25.3 Å². The zero-order valence-corrected chi connectivity index (χ0v) is 21.6. The number of aliphatic carboxylic acids is 1. The summed E-state index contributed by atoms with van der Waals surface area (Å²) in [6.07, 6.45) is 5.86. The number of thiophene rings is 1. The number of nitrogens with one attached hydrogen (secondary N) is 1. The van der Waals surface area contributed by atoms with E-state index in [0.717, 1.165) is 35.3 Å². The first-order chi connectivity index (χ1) is 18.0. The van der Waals surface area contributed by atoms with E-state index < -0.39 is 17.9 Å². The highest BCUT2D eigenvalue weighted by Gasteiger charge is 2.26. The Morgan fingerprint density at radius 1 is 1.05 bits per heavy atom. The predicted molar refractivity (Wildman–Crippen MR) is 143 cm³/mol. The average Bonchev–Trinajstić information content (AvgIpc) is 3.59. The SMILES string of the molecule is COc1ccc(C(NC(=O)c2ccc3c(c2)nc(-c2ccsc2)n3C2CCCCC2)C(=O)O)cc1OC. The Morgan fingerprint density at radius 3 is 2.51 bits per heavy atom. The van der Waals surface area contributed by atoms with Gasteiger partial charge in [-0.3, -0.25) is 4.79 Å². The first-order valence-corrected chi connectivity index (χ1v) is 13.2. The molecule has 1 aliphatic rings.